The molecule has 0 unspecified atom stereocenters. The van der Waals surface area contributed by atoms with E-state index in [1.165, 1.54) is 25.2 Å². The van der Waals surface area contributed by atoms with Crippen molar-refractivity contribution in [2.24, 2.45) is 0 Å². The molecule has 0 aromatic heterocycles. The second kappa shape index (κ2) is 15.1. The minimum Gasteiger partial charge on any atom is -0.497 e. The normalized spacial score (nSPS) is 14.4. The highest BCUT2D eigenvalue weighted by atomic mass is 32.2. The fourth-order valence-corrected chi connectivity index (χ4v) is 6.50. The predicted molar refractivity (Wildman–Crippen MR) is 172 cm³/mol. The molecule has 0 heterocycles. The molecule has 3 aromatic carbocycles. The Labute approximate surface area is 261 Å². The molecule has 1 saturated carbocycles. The van der Waals surface area contributed by atoms with Gasteiger partial charge >= 0.3 is 0 Å². The number of nitrogens with zero attached hydrogens (tertiary/aromatic N) is 2. The lowest BCUT2D eigenvalue weighted by Gasteiger charge is -2.35. The Morgan fingerprint density at radius 3 is 2.25 bits per heavy atom. The zero-order valence-corrected chi connectivity index (χ0v) is 26.8. The molecule has 0 aliphatic heterocycles. The first-order chi connectivity index (χ1) is 21.1. The molecule has 236 valence electrons. The number of sulfonamides is 1. The molecule has 1 N–H and O–H groups in total. The number of hydrogen-bond acceptors (Lipinski definition) is 6. The van der Waals surface area contributed by atoms with E-state index in [9.17, 15) is 18.0 Å². The van der Waals surface area contributed by atoms with Crippen molar-refractivity contribution in [1.82, 2.24) is 10.2 Å². The first-order valence-electron chi connectivity index (χ1n) is 15.0. The zero-order valence-electron chi connectivity index (χ0n) is 26.0. The number of methoxy groups -OCH3 is 2. The van der Waals surface area contributed by atoms with Gasteiger partial charge in [-0.25, -0.2) is 8.42 Å². The van der Waals surface area contributed by atoms with E-state index < -0.39 is 28.5 Å². The molecule has 1 aliphatic rings. The molecule has 10 heteroatoms. The molecule has 4 rings (SSSR count). The number of ether oxygens (including phenoxy) is 2. The van der Waals surface area contributed by atoms with E-state index in [1.54, 1.807) is 12.1 Å². The number of aryl methyl sites for hydroxylation is 1. The number of hydrogen-bond donors (Lipinski definition) is 1. The molecular weight excluding hydrogens is 578 g/mol. The summed E-state index contributed by atoms with van der Waals surface area (Å²) in [7, 11) is -1.05. The van der Waals surface area contributed by atoms with Crippen LogP contribution in [0.15, 0.2) is 72.8 Å². The Morgan fingerprint density at radius 2 is 1.61 bits per heavy atom. The lowest BCUT2D eigenvalue weighted by Crippen LogP contribution is -2.55. The quantitative estimate of drug-likeness (QED) is 0.292. The minimum atomic E-state index is -3.96. The molecule has 3 aromatic rings. The summed E-state index contributed by atoms with van der Waals surface area (Å²) in [6, 6.07) is 21.2. The van der Waals surface area contributed by atoms with Crippen LogP contribution in [0.5, 0.6) is 11.5 Å². The van der Waals surface area contributed by atoms with Crippen LogP contribution in [0.25, 0.3) is 0 Å². The fourth-order valence-electron chi connectivity index (χ4n) is 5.66. The topological polar surface area (TPSA) is 105 Å². The van der Waals surface area contributed by atoms with Crippen LogP contribution in [0, 0.1) is 6.92 Å². The average Bonchev–Trinajstić information content (AvgIpc) is 3.02. The van der Waals surface area contributed by atoms with Gasteiger partial charge in [0.25, 0.3) is 0 Å². The number of carbonyl (C=O) groups excluding carboxylic acids is 2. The number of benzene rings is 3. The van der Waals surface area contributed by atoms with Crippen molar-refractivity contribution in [3.63, 3.8) is 0 Å². The van der Waals surface area contributed by atoms with E-state index in [-0.39, 0.29) is 36.4 Å². The first kappa shape index (κ1) is 32.9. The van der Waals surface area contributed by atoms with Gasteiger partial charge in [-0.3, -0.25) is 13.9 Å². The van der Waals surface area contributed by atoms with Crippen molar-refractivity contribution in [3.8, 4) is 11.5 Å². The first-order valence-corrected chi connectivity index (χ1v) is 16.8. The third kappa shape index (κ3) is 8.53. The Hall–Kier alpha value is -4.05. The fraction of sp³-hybridized carbons (Fsp3) is 0.412. The van der Waals surface area contributed by atoms with Crippen LogP contribution in [0.2, 0.25) is 0 Å². The molecule has 2 amide bonds. The van der Waals surface area contributed by atoms with E-state index in [0.29, 0.717) is 5.75 Å². The van der Waals surface area contributed by atoms with Crippen molar-refractivity contribution in [2.75, 3.05) is 31.3 Å². The smallest absolute Gasteiger partial charge is 0.244 e. The van der Waals surface area contributed by atoms with Crippen molar-refractivity contribution < 1.29 is 27.5 Å². The summed E-state index contributed by atoms with van der Waals surface area (Å²) in [4.78, 5) is 30.1. The van der Waals surface area contributed by atoms with Crippen LogP contribution in [-0.4, -0.2) is 64.2 Å². The Balaban J connectivity index is 1.77. The predicted octanol–water partition coefficient (Wildman–Crippen LogP) is 4.87. The van der Waals surface area contributed by atoms with Gasteiger partial charge in [0, 0.05) is 25.1 Å². The summed E-state index contributed by atoms with van der Waals surface area (Å²) in [5.41, 5.74) is 2.90. The lowest BCUT2D eigenvalue weighted by atomic mass is 9.94. The summed E-state index contributed by atoms with van der Waals surface area (Å²) in [6.45, 7) is 1.56. The van der Waals surface area contributed by atoms with Gasteiger partial charge in [-0.1, -0.05) is 73.9 Å². The van der Waals surface area contributed by atoms with Crippen LogP contribution < -0.4 is 19.1 Å². The van der Waals surface area contributed by atoms with Gasteiger partial charge in [0.15, 0.2) is 0 Å². The molecule has 1 aliphatic carbocycles. The van der Waals surface area contributed by atoms with E-state index >= 15 is 0 Å². The van der Waals surface area contributed by atoms with Crippen molar-refractivity contribution in [3.05, 3.63) is 89.5 Å². The molecule has 9 nitrogen and oxygen atoms in total. The molecule has 0 spiro atoms. The molecule has 0 radical (unpaired) electrons. The molecule has 1 fully saturated rings. The third-order valence-corrected chi connectivity index (χ3v) is 9.28. The summed E-state index contributed by atoms with van der Waals surface area (Å²) < 4.78 is 38.2. The van der Waals surface area contributed by atoms with E-state index in [2.05, 4.69) is 5.32 Å². The largest absolute Gasteiger partial charge is 0.497 e. The Kier molecular flexibility index (Phi) is 11.3. The highest BCUT2D eigenvalue weighted by Crippen LogP contribution is 2.34. The van der Waals surface area contributed by atoms with Crippen LogP contribution >= 0.6 is 0 Å². The summed E-state index contributed by atoms with van der Waals surface area (Å²) in [6.07, 6.45) is 6.35. The Morgan fingerprint density at radius 1 is 0.932 bits per heavy atom. The van der Waals surface area contributed by atoms with E-state index in [0.717, 1.165) is 59.4 Å². The number of nitrogens with one attached hydrogen (secondary N) is 1. The van der Waals surface area contributed by atoms with Gasteiger partial charge in [0.1, 0.15) is 24.1 Å². The standard InChI is InChI=1S/C34H43N3O6S/c1-25-13-11-12-16-27(25)23-36(31(21-26-14-7-5-8-15-26)34(39)35-28-17-9-6-10-18-28)33(38)24-37(44(4,40)41)30-22-29(42-2)19-20-32(30)43-3/h5,7-8,11-16,19-20,22,28,31H,6,9-10,17-18,21,23-24H2,1-4H3,(H,35,39)/t31-/m1/s1. The maximum absolute atomic E-state index is 14.4. The van der Waals surface area contributed by atoms with Gasteiger partial charge in [0.2, 0.25) is 21.8 Å². The number of carbonyl (C=O) groups is 2. The van der Waals surface area contributed by atoms with Gasteiger partial charge in [-0.15, -0.1) is 0 Å². The highest BCUT2D eigenvalue weighted by molar-refractivity contribution is 7.92. The monoisotopic (exact) mass is 621 g/mol. The summed E-state index contributed by atoms with van der Waals surface area (Å²) >= 11 is 0. The molecule has 0 bridgehead atoms. The molecule has 0 saturated heterocycles. The second-order valence-electron chi connectivity index (χ2n) is 11.3. The van der Waals surface area contributed by atoms with Gasteiger partial charge < -0.3 is 19.7 Å². The van der Waals surface area contributed by atoms with Crippen LogP contribution in [-0.2, 0) is 32.6 Å². The third-order valence-electron chi connectivity index (χ3n) is 8.16. The molecule has 44 heavy (non-hydrogen) atoms. The maximum atomic E-state index is 14.4. The second-order valence-corrected chi connectivity index (χ2v) is 13.2. The zero-order chi connectivity index (χ0) is 31.7. The van der Waals surface area contributed by atoms with E-state index in [4.69, 9.17) is 9.47 Å². The number of anilines is 1. The minimum absolute atomic E-state index is 0.0403. The van der Waals surface area contributed by atoms with Crippen LogP contribution in [0.4, 0.5) is 5.69 Å². The molecular formula is C34H43N3O6S. The van der Waals surface area contributed by atoms with Gasteiger partial charge in [0.05, 0.1) is 26.2 Å². The maximum Gasteiger partial charge on any atom is 0.244 e. The van der Waals surface area contributed by atoms with Crippen molar-refractivity contribution in [2.45, 2.75) is 64.1 Å². The number of rotatable bonds is 13. The van der Waals surface area contributed by atoms with Crippen molar-refractivity contribution >= 4 is 27.5 Å². The summed E-state index contributed by atoms with van der Waals surface area (Å²) in [5, 5.41) is 3.22. The van der Waals surface area contributed by atoms with Crippen LogP contribution in [0.3, 0.4) is 0 Å². The van der Waals surface area contributed by atoms with Gasteiger partial charge in [-0.2, -0.15) is 0 Å². The lowest BCUT2D eigenvalue weighted by molar-refractivity contribution is -0.140. The highest BCUT2D eigenvalue weighted by Gasteiger charge is 2.35. The Bertz CT molecular complexity index is 1520. The van der Waals surface area contributed by atoms with Crippen LogP contribution in [0.1, 0.15) is 48.8 Å². The SMILES string of the molecule is COc1ccc(OC)c(N(CC(=O)N(Cc2ccccc2C)[C@H](Cc2ccccc2)C(=O)NC2CCCCC2)S(C)(=O)=O)c1. The summed E-state index contributed by atoms with van der Waals surface area (Å²) in [5.74, 6) is -0.0753. The number of amides is 2. The van der Waals surface area contributed by atoms with Crippen molar-refractivity contribution in [1.29, 1.82) is 0 Å². The van der Waals surface area contributed by atoms with Gasteiger partial charge in [-0.05, 0) is 48.6 Å². The average molecular weight is 622 g/mol. The molecule has 1 atom stereocenters. The van der Waals surface area contributed by atoms with E-state index in [1.807, 2.05) is 61.5 Å².